The van der Waals surface area contributed by atoms with Crippen molar-refractivity contribution in [2.24, 2.45) is 5.92 Å². The third kappa shape index (κ3) is 5.56. The molecule has 0 saturated carbocycles. The highest BCUT2D eigenvalue weighted by molar-refractivity contribution is 7.80. The first-order chi connectivity index (χ1) is 12.4. The van der Waals surface area contributed by atoms with Crippen molar-refractivity contribution in [3.8, 4) is 5.75 Å². The van der Waals surface area contributed by atoms with Gasteiger partial charge in [-0.2, -0.15) is 0 Å². The first-order valence-corrected chi connectivity index (χ1v) is 8.47. The molecule has 26 heavy (non-hydrogen) atoms. The Morgan fingerprint density at radius 3 is 2.19 bits per heavy atom. The number of hydrogen-bond donors (Lipinski definition) is 3. The third-order valence-electron chi connectivity index (χ3n) is 3.49. The summed E-state index contributed by atoms with van der Waals surface area (Å²) in [5.41, 5.74) is 1.78. The number of benzene rings is 2. The lowest BCUT2D eigenvalue weighted by molar-refractivity contribution is -0.118. The molecule has 0 spiro atoms. The topological polar surface area (TPSA) is 79.5 Å². The third-order valence-corrected chi connectivity index (χ3v) is 3.70. The Hall–Kier alpha value is -2.93. The standard InChI is InChI=1S/C19H21N3O3S/c1-12(2)17(23)20-14-5-4-6-15(11-14)21-19(26)22-18(24)13-7-9-16(25-3)10-8-13/h4-12H,1-3H3,(H,20,23)(H2,21,22,24,26). The van der Waals surface area contributed by atoms with Gasteiger partial charge in [0, 0.05) is 22.9 Å². The second-order valence-corrected chi connectivity index (χ2v) is 6.27. The van der Waals surface area contributed by atoms with E-state index in [1.807, 2.05) is 13.8 Å². The van der Waals surface area contributed by atoms with Gasteiger partial charge >= 0.3 is 0 Å². The van der Waals surface area contributed by atoms with Gasteiger partial charge in [0.05, 0.1) is 7.11 Å². The Labute approximate surface area is 157 Å². The maximum absolute atomic E-state index is 12.2. The normalized spacial score (nSPS) is 10.2. The maximum atomic E-state index is 12.2. The van der Waals surface area contributed by atoms with Gasteiger partial charge < -0.3 is 15.4 Å². The van der Waals surface area contributed by atoms with E-state index >= 15 is 0 Å². The van der Waals surface area contributed by atoms with Gasteiger partial charge in [-0.15, -0.1) is 0 Å². The molecule has 0 atom stereocenters. The molecule has 0 aliphatic carbocycles. The second-order valence-electron chi connectivity index (χ2n) is 5.86. The number of hydrogen-bond acceptors (Lipinski definition) is 4. The van der Waals surface area contributed by atoms with Crippen LogP contribution in [0.25, 0.3) is 0 Å². The minimum Gasteiger partial charge on any atom is -0.497 e. The second kappa shape index (κ2) is 8.96. The molecule has 2 aromatic rings. The number of carbonyl (C=O) groups excluding carboxylic acids is 2. The van der Waals surface area contributed by atoms with Crippen LogP contribution in [0.5, 0.6) is 5.75 Å². The number of ether oxygens (including phenoxy) is 1. The van der Waals surface area contributed by atoms with E-state index in [0.717, 1.165) is 0 Å². The number of methoxy groups -OCH3 is 1. The van der Waals surface area contributed by atoms with E-state index in [4.69, 9.17) is 17.0 Å². The van der Waals surface area contributed by atoms with Crippen molar-refractivity contribution in [2.45, 2.75) is 13.8 Å². The van der Waals surface area contributed by atoms with E-state index in [1.165, 1.54) is 0 Å². The first kappa shape index (κ1) is 19.4. The summed E-state index contributed by atoms with van der Waals surface area (Å²) in [7, 11) is 1.56. The minimum atomic E-state index is -0.325. The molecule has 0 unspecified atom stereocenters. The molecular weight excluding hydrogens is 350 g/mol. The Balaban J connectivity index is 1.96. The quantitative estimate of drug-likeness (QED) is 0.702. The summed E-state index contributed by atoms with van der Waals surface area (Å²) in [5.74, 6) is 0.158. The number of anilines is 2. The Morgan fingerprint density at radius 2 is 1.62 bits per heavy atom. The van der Waals surface area contributed by atoms with Crippen LogP contribution >= 0.6 is 12.2 Å². The summed E-state index contributed by atoms with van der Waals surface area (Å²) < 4.78 is 5.06. The number of carbonyl (C=O) groups is 2. The SMILES string of the molecule is COc1ccc(C(=O)NC(=S)Nc2cccc(NC(=O)C(C)C)c2)cc1. The number of amides is 2. The Bertz CT molecular complexity index is 804. The summed E-state index contributed by atoms with van der Waals surface area (Å²) in [6.45, 7) is 3.64. The molecule has 7 heteroatoms. The van der Waals surface area contributed by atoms with E-state index in [9.17, 15) is 9.59 Å². The average Bonchev–Trinajstić information content (AvgIpc) is 2.61. The zero-order valence-electron chi connectivity index (χ0n) is 14.8. The summed E-state index contributed by atoms with van der Waals surface area (Å²) in [6, 6.07) is 13.8. The van der Waals surface area contributed by atoms with E-state index in [0.29, 0.717) is 22.7 Å². The van der Waals surface area contributed by atoms with Crippen LogP contribution in [-0.2, 0) is 4.79 Å². The minimum absolute atomic E-state index is 0.0717. The average molecular weight is 371 g/mol. The van der Waals surface area contributed by atoms with Gasteiger partial charge in [-0.05, 0) is 54.7 Å². The Morgan fingerprint density at radius 1 is 1.00 bits per heavy atom. The lowest BCUT2D eigenvalue weighted by Crippen LogP contribution is -2.34. The number of thiocarbonyl (C=S) groups is 1. The highest BCUT2D eigenvalue weighted by atomic mass is 32.1. The fraction of sp³-hybridized carbons (Fsp3) is 0.211. The molecule has 2 rings (SSSR count). The van der Waals surface area contributed by atoms with Crippen molar-refractivity contribution in [3.63, 3.8) is 0 Å². The van der Waals surface area contributed by atoms with E-state index < -0.39 is 0 Å². The van der Waals surface area contributed by atoms with Crippen molar-refractivity contribution in [3.05, 3.63) is 54.1 Å². The molecule has 2 aromatic carbocycles. The van der Waals surface area contributed by atoms with Crippen LogP contribution in [0, 0.1) is 5.92 Å². The monoisotopic (exact) mass is 371 g/mol. The van der Waals surface area contributed by atoms with Crippen LogP contribution in [0.4, 0.5) is 11.4 Å². The zero-order valence-corrected chi connectivity index (χ0v) is 15.6. The predicted octanol–water partition coefficient (Wildman–Crippen LogP) is 3.42. The van der Waals surface area contributed by atoms with Gasteiger partial charge in [-0.25, -0.2) is 0 Å². The van der Waals surface area contributed by atoms with Gasteiger partial charge in [0.2, 0.25) is 5.91 Å². The van der Waals surface area contributed by atoms with E-state index in [2.05, 4.69) is 16.0 Å². The van der Waals surface area contributed by atoms with Crippen molar-refractivity contribution in [1.82, 2.24) is 5.32 Å². The molecule has 6 nitrogen and oxygen atoms in total. The number of nitrogens with one attached hydrogen (secondary N) is 3. The molecule has 0 aliphatic heterocycles. The molecule has 0 radical (unpaired) electrons. The molecule has 136 valence electrons. The van der Waals surface area contributed by atoms with Crippen molar-refractivity contribution in [1.29, 1.82) is 0 Å². The molecule has 2 amide bonds. The van der Waals surface area contributed by atoms with Gasteiger partial charge in [0.15, 0.2) is 5.11 Å². The molecule has 0 bridgehead atoms. The van der Waals surface area contributed by atoms with Crippen molar-refractivity contribution in [2.75, 3.05) is 17.7 Å². The molecule has 0 saturated heterocycles. The molecule has 0 aromatic heterocycles. The van der Waals surface area contributed by atoms with Crippen LogP contribution in [0.1, 0.15) is 24.2 Å². The smallest absolute Gasteiger partial charge is 0.257 e. The van der Waals surface area contributed by atoms with Crippen LogP contribution in [0.15, 0.2) is 48.5 Å². The highest BCUT2D eigenvalue weighted by Crippen LogP contribution is 2.16. The summed E-state index contributed by atoms with van der Waals surface area (Å²) >= 11 is 5.18. The fourth-order valence-electron chi connectivity index (χ4n) is 2.04. The summed E-state index contributed by atoms with van der Waals surface area (Å²) in [4.78, 5) is 24.0. The maximum Gasteiger partial charge on any atom is 0.257 e. The van der Waals surface area contributed by atoms with Gasteiger partial charge in [-0.3, -0.25) is 14.9 Å². The molecule has 3 N–H and O–H groups in total. The Kier molecular flexibility index (Phi) is 6.68. The van der Waals surface area contributed by atoms with E-state index in [1.54, 1.807) is 55.6 Å². The van der Waals surface area contributed by atoms with Crippen LogP contribution in [0.3, 0.4) is 0 Å². The van der Waals surface area contributed by atoms with Crippen LogP contribution < -0.4 is 20.7 Å². The molecular formula is C19H21N3O3S. The van der Waals surface area contributed by atoms with Gasteiger partial charge in [0.25, 0.3) is 5.91 Å². The zero-order chi connectivity index (χ0) is 19.1. The van der Waals surface area contributed by atoms with Crippen LogP contribution in [-0.4, -0.2) is 24.0 Å². The fourth-order valence-corrected chi connectivity index (χ4v) is 2.25. The largest absolute Gasteiger partial charge is 0.497 e. The molecule has 0 aliphatic rings. The first-order valence-electron chi connectivity index (χ1n) is 8.06. The van der Waals surface area contributed by atoms with Gasteiger partial charge in [-0.1, -0.05) is 19.9 Å². The summed E-state index contributed by atoms with van der Waals surface area (Å²) in [6.07, 6.45) is 0. The molecule has 0 fully saturated rings. The van der Waals surface area contributed by atoms with Crippen LogP contribution in [0.2, 0.25) is 0 Å². The van der Waals surface area contributed by atoms with Gasteiger partial charge in [0.1, 0.15) is 5.75 Å². The predicted molar refractivity (Wildman–Crippen MR) is 107 cm³/mol. The lowest BCUT2D eigenvalue weighted by atomic mass is 10.2. The lowest BCUT2D eigenvalue weighted by Gasteiger charge is -2.12. The highest BCUT2D eigenvalue weighted by Gasteiger charge is 2.10. The van der Waals surface area contributed by atoms with E-state index in [-0.39, 0.29) is 22.8 Å². The summed E-state index contributed by atoms with van der Waals surface area (Å²) in [5, 5.41) is 8.52. The number of rotatable bonds is 5. The van der Waals surface area contributed by atoms with Crippen molar-refractivity contribution >= 4 is 40.5 Å². The molecule has 0 heterocycles. The van der Waals surface area contributed by atoms with Crippen molar-refractivity contribution < 1.29 is 14.3 Å².